The van der Waals surface area contributed by atoms with Gasteiger partial charge in [-0.25, -0.2) is 17.2 Å². The lowest BCUT2D eigenvalue weighted by Crippen LogP contribution is -2.51. The van der Waals surface area contributed by atoms with E-state index in [0.29, 0.717) is 0 Å². The summed E-state index contributed by atoms with van der Waals surface area (Å²) < 4.78 is 51.7. The molecule has 0 amide bonds. The standard InChI is InChI=1S/C7H9ClF2O3S/c8-14(11,12)4-7-1-6(2-7,3-13-7)5(9)10/h5H,1-4H2. The molecule has 3 fully saturated rings. The topological polar surface area (TPSA) is 43.4 Å². The number of rotatable bonds is 3. The average molecular weight is 247 g/mol. The first-order valence-electron chi connectivity index (χ1n) is 4.12. The van der Waals surface area contributed by atoms with Gasteiger partial charge in [0.2, 0.25) is 15.5 Å². The van der Waals surface area contributed by atoms with Gasteiger partial charge in [-0.1, -0.05) is 0 Å². The van der Waals surface area contributed by atoms with Crippen molar-refractivity contribution in [3.8, 4) is 0 Å². The van der Waals surface area contributed by atoms with E-state index in [9.17, 15) is 17.2 Å². The smallest absolute Gasteiger partial charge is 0.246 e. The van der Waals surface area contributed by atoms with Crippen LogP contribution in [0, 0.1) is 5.41 Å². The van der Waals surface area contributed by atoms with E-state index >= 15 is 0 Å². The molecule has 0 atom stereocenters. The maximum atomic E-state index is 12.5. The third-order valence-electron chi connectivity index (χ3n) is 2.91. The van der Waals surface area contributed by atoms with Crippen LogP contribution in [0.4, 0.5) is 8.78 Å². The highest BCUT2D eigenvalue weighted by Gasteiger charge is 2.67. The molecule has 2 bridgehead atoms. The van der Waals surface area contributed by atoms with Crippen molar-refractivity contribution in [3.05, 3.63) is 0 Å². The summed E-state index contributed by atoms with van der Waals surface area (Å²) in [5.41, 5.74) is -2.04. The van der Waals surface area contributed by atoms with Crippen molar-refractivity contribution in [3.63, 3.8) is 0 Å². The SMILES string of the molecule is O=S(=O)(Cl)CC12CC(C(F)F)(CO1)C2. The van der Waals surface area contributed by atoms with Gasteiger partial charge in [-0.2, -0.15) is 0 Å². The molecule has 2 aliphatic heterocycles. The lowest BCUT2D eigenvalue weighted by Gasteiger charge is -2.43. The van der Waals surface area contributed by atoms with Crippen LogP contribution < -0.4 is 0 Å². The Hall–Kier alpha value is 0.0600. The summed E-state index contributed by atoms with van der Waals surface area (Å²) in [5, 5.41) is 0. The molecular weight excluding hydrogens is 238 g/mol. The number of alkyl halides is 2. The maximum Gasteiger partial charge on any atom is 0.246 e. The second kappa shape index (κ2) is 2.80. The van der Waals surface area contributed by atoms with Crippen LogP contribution in [-0.2, 0) is 13.8 Å². The zero-order valence-corrected chi connectivity index (χ0v) is 8.75. The number of halogens is 3. The fourth-order valence-corrected chi connectivity index (χ4v) is 3.92. The van der Waals surface area contributed by atoms with Crippen LogP contribution in [0.1, 0.15) is 12.8 Å². The lowest BCUT2D eigenvalue weighted by molar-refractivity contribution is -0.0637. The quantitative estimate of drug-likeness (QED) is 0.707. The summed E-state index contributed by atoms with van der Waals surface area (Å²) in [6, 6.07) is 0. The van der Waals surface area contributed by atoms with Gasteiger partial charge in [-0.3, -0.25) is 0 Å². The Morgan fingerprint density at radius 1 is 1.43 bits per heavy atom. The summed E-state index contributed by atoms with van der Waals surface area (Å²) in [7, 11) is 1.38. The van der Waals surface area contributed by atoms with Crippen molar-refractivity contribution in [2.75, 3.05) is 12.4 Å². The molecule has 2 saturated heterocycles. The van der Waals surface area contributed by atoms with Crippen molar-refractivity contribution in [1.29, 1.82) is 0 Å². The van der Waals surface area contributed by atoms with Crippen molar-refractivity contribution >= 4 is 19.7 Å². The van der Waals surface area contributed by atoms with Gasteiger partial charge >= 0.3 is 0 Å². The first-order valence-corrected chi connectivity index (χ1v) is 6.59. The van der Waals surface area contributed by atoms with Gasteiger partial charge in [0.15, 0.2) is 0 Å². The molecule has 0 aromatic carbocycles. The minimum Gasteiger partial charge on any atom is -0.373 e. The van der Waals surface area contributed by atoms with E-state index < -0.39 is 26.5 Å². The highest BCUT2D eigenvalue weighted by Crippen LogP contribution is 2.61. The Bertz CT molecular complexity index is 348. The summed E-state index contributed by atoms with van der Waals surface area (Å²) in [6.45, 7) is -0.0585. The van der Waals surface area contributed by atoms with Crippen molar-refractivity contribution < 1.29 is 21.9 Å². The minimum atomic E-state index is -3.68. The molecule has 7 heteroatoms. The second-order valence-electron chi connectivity index (χ2n) is 4.17. The number of fused-ring (bicyclic) bond motifs is 1. The van der Waals surface area contributed by atoms with E-state index in [1.165, 1.54) is 0 Å². The van der Waals surface area contributed by atoms with Crippen LogP contribution >= 0.6 is 10.7 Å². The number of ether oxygens (including phenoxy) is 1. The highest BCUT2D eigenvalue weighted by atomic mass is 35.7. The molecule has 3 aliphatic rings. The van der Waals surface area contributed by atoms with E-state index in [2.05, 4.69) is 0 Å². The number of hydrogen-bond acceptors (Lipinski definition) is 3. The van der Waals surface area contributed by atoms with Crippen molar-refractivity contribution in [2.24, 2.45) is 5.41 Å². The summed E-state index contributed by atoms with van der Waals surface area (Å²) in [6.07, 6.45) is -2.25. The van der Waals surface area contributed by atoms with Gasteiger partial charge in [0.25, 0.3) is 0 Å². The van der Waals surface area contributed by atoms with Gasteiger partial charge in [-0.05, 0) is 12.8 Å². The Balaban J connectivity index is 2.08. The zero-order chi connectivity index (χ0) is 10.6. The molecule has 2 heterocycles. The monoisotopic (exact) mass is 246 g/mol. The fraction of sp³-hybridized carbons (Fsp3) is 1.00. The second-order valence-corrected chi connectivity index (χ2v) is 6.95. The first-order chi connectivity index (χ1) is 6.27. The Kier molecular flexibility index (Phi) is 2.11. The Labute approximate surface area is 84.8 Å². The zero-order valence-electron chi connectivity index (χ0n) is 7.17. The van der Waals surface area contributed by atoms with Gasteiger partial charge in [0.1, 0.15) is 0 Å². The van der Waals surface area contributed by atoms with Gasteiger partial charge in [0.05, 0.1) is 23.4 Å². The van der Waals surface area contributed by atoms with Crippen molar-refractivity contribution in [2.45, 2.75) is 24.9 Å². The predicted octanol–water partition coefficient (Wildman–Crippen LogP) is 1.37. The van der Waals surface area contributed by atoms with Crippen LogP contribution in [0.25, 0.3) is 0 Å². The van der Waals surface area contributed by atoms with Crippen LogP contribution in [0.2, 0.25) is 0 Å². The molecule has 3 rings (SSSR count). The largest absolute Gasteiger partial charge is 0.373 e. The molecule has 1 aliphatic carbocycles. The average Bonchev–Trinajstić information content (AvgIpc) is 2.37. The molecule has 1 saturated carbocycles. The van der Waals surface area contributed by atoms with Crippen LogP contribution in [-0.4, -0.2) is 32.8 Å². The van der Waals surface area contributed by atoms with Gasteiger partial charge < -0.3 is 4.74 Å². The predicted molar refractivity (Wildman–Crippen MR) is 46.0 cm³/mol. The van der Waals surface area contributed by atoms with Gasteiger partial charge in [0, 0.05) is 10.7 Å². The van der Waals surface area contributed by atoms with E-state index in [1.807, 2.05) is 0 Å². The minimum absolute atomic E-state index is 0.0585. The molecular formula is C7H9ClF2O3S. The molecule has 0 spiro atoms. The van der Waals surface area contributed by atoms with Crippen molar-refractivity contribution in [1.82, 2.24) is 0 Å². The number of hydrogen-bond donors (Lipinski definition) is 0. The summed E-state index contributed by atoms with van der Waals surface area (Å²) in [4.78, 5) is 0. The lowest BCUT2D eigenvalue weighted by atomic mass is 9.63. The van der Waals surface area contributed by atoms with E-state index in [-0.39, 0.29) is 25.2 Å². The molecule has 14 heavy (non-hydrogen) atoms. The Morgan fingerprint density at radius 2 is 2.00 bits per heavy atom. The fourth-order valence-electron chi connectivity index (χ4n) is 2.41. The normalized spacial score (nSPS) is 41.4. The third-order valence-corrected chi connectivity index (χ3v) is 4.11. The van der Waals surface area contributed by atoms with E-state index in [4.69, 9.17) is 15.4 Å². The molecule has 82 valence electrons. The molecule has 0 unspecified atom stereocenters. The van der Waals surface area contributed by atoms with Crippen LogP contribution in [0.15, 0.2) is 0 Å². The summed E-state index contributed by atoms with van der Waals surface area (Å²) in [5.74, 6) is -0.365. The van der Waals surface area contributed by atoms with E-state index in [0.717, 1.165) is 0 Å². The van der Waals surface area contributed by atoms with Gasteiger partial charge in [-0.15, -0.1) is 0 Å². The highest BCUT2D eigenvalue weighted by molar-refractivity contribution is 8.13. The Morgan fingerprint density at radius 3 is 2.36 bits per heavy atom. The van der Waals surface area contributed by atoms with Crippen LogP contribution in [0.3, 0.4) is 0 Å². The van der Waals surface area contributed by atoms with Crippen LogP contribution in [0.5, 0.6) is 0 Å². The molecule has 0 aromatic rings. The molecule has 3 nitrogen and oxygen atoms in total. The third kappa shape index (κ3) is 1.53. The van der Waals surface area contributed by atoms with E-state index in [1.54, 1.807) is 0 Å². The molecule has 0 radical (unpaired) electrons. The summed E-state index contributed by atoms with van der Waals surface area (Å²) >= 11 is 0. The maximum absolute atomic E-state index is 12.5. The first kappa shape index (κ1) is 10.6. The molecule has 0 N–H and O–H groups in total. The molecule has 0 aromatic heterocycles.